The third-order valence-corrected chi connectivity index (χ3v) is 5.85. The van der Waals surface area contributed by atoms with Crippen LogP contribution in [-0.2, 0) is 16.1 Å². The van der Waals surface area contributed by atoms with Crippen molar-refractivity contribution in [3.8, 4) is 11.1 Å². The van der Waals surface area contributed by atoms with Gasteiger partial charge in [-0.1, -0.05) is 31.2 Å². The molecule has 0 aliphatic heterocycles. The Morgan fingerprint density at radius 2 is 1.80 bits per heavy atom. The third-order valence-electron chi connectivity index (χ3n) is 4.68. The Balaban J connectivity index is 1.91. The van der Waals surface area contributed by atoms with Gasteiger partial charge in [0.05, 0.1) is 16.3 Å². The quantitative estimate of drug-likeness (QED) is 0.429. The van der Waals surface area contributed by atoms with Gasteiger partial charge in [-0.3, -0.25) is 0 Å². The van der Waals surface area contributed by atoms with Crippen molar-refractivity contribution >= 4 is 27.2 Å². The standard InChI is InChI=1S/C22H27N5O2S/c1-4-16-5-7-17(8-6-16)20-13-24-22(27-21(20)25-15(2)14-28)26-18-9-11-19(12-10-18)30(3,23)29/h5-13,15,23,28H,4,14H2,1-3H3,(H2,24,25,26,27)/t15-,30+/m1/s1. The van der Waals surface area contributed by atoms with Gasteiger partial charge in [0.2, 0.25) is 5.95 Å². The minimum atomic E-state index is -2.75. The van der Waals surface area contributed by atoms with Crippen molar-refractivity contribution in [2.45, 2.75) is 31.2 Å². The van der Waals surface area contributed by atoms with Crippen LogP contribution in [-0.4, -0.2) is 38.2 Å². The summed E-state index contributed by atoms with van der Waals surface area (Å²) in [7, 11) is -2.75. The summed E-state index contributed by atoms with van der Waals surface area (Å²) in [6.07, 6.45) is 4.11. The fraction of sp³-hybridized carbons (Fsp3) is 0.273. The first-order valence-corrected chi connectivity index (χ1v) is 11.7. The number of nitrogens with zero attached hydrogens (tertiary/aromatic N) is 2. The normalized spacial score (nSPS) is 14.0. The Bertz CT molecular complexity index is 1100. The summed E-state index contributed by atoms with van der Waals surface area (Å²) in [6.45, 7) is 3.97. The van der Waals surface area contributed by atoms with Crippen molar-refractivity contribution in [3.05, 3.63) is 60.3 Å². The molecule has 1 heterocycles. The summed E-state index contributed by atoms with van der Waals surface area (Å²) in [5.41, 5.74) is 3.81. The van der Waals surface area contributed by atoms with E-state index in [2.05, 4.69) is 39.7 Å². The molecule has 8 heteroatoms. The van der Waals surface area contributed by atoms with Crippen molar-refractivity contribution in [3.63, 3.8) is 0 Å². The van der Waals surface area contributed by atoms with Gasteiger partial charge >= 0.3 is 0 Å². The van der Waals surface area contributed by atoms with Gasteiger partial charge < -0.3 is 15.7 Å². The van der Waals surface area contributed by atoms with E-state index in [9.17, 15) is 9.32 Å². The summed E-state index contributed by atoms with van der Waals surface area (Å²) in [5.74, 6) is 1.02. The van der Waals surface area contributed by atoms with Crippen LogP contribution in [0.25, 0.3) is 11.1 Å². The first kappa shape index (κ1) is 21.7. The minimum absolute atomic E-state index is 0.0220. The van der Waals surface area contributed by atoms with Crippen molar-refractivity contribution in [1.82, 2.24) is 9.97 Å². The molecule has 0 bridgehead atoms. The van der Waals surface area contributed by atoms with Crippen LogP contribution in [0.1, 0.15) is 19.4 Å². The van der Waals surface area contributed by atoms with E-state index in [1.54, 1.807) is 30.5 Å². The van der Waals surface area contributed by atoms with Crippen LogP contribution in [0.2, 0.25) is 0 Å². The minimum Gasteiger partial charge on any atom is -0.394 e. The van der Waals surface area contributed by atoms with Gasteiger partial charge in [-0.05, 0) is 48.7 Å². The molecular weight excluding hydrogens is 398 g/mol. The fourth-order valence-corrected chi connectivity index (χ4v) is 3.54. The van der Waals surface area contributed by atoms with E-state index in [1.807, 2.05) is 19.1 Å². The second kappa shape index (κ2) is 9.23. The van der Waals surface area contributed by atoms with Gasteiger partial charge in [-0.2, -0.15) is 4.98 Å². The van der Waals surface area contributed by atoms with Crippen molar-refractivity contribution in [2.75, 3.05) is 23.5 Å². The van der Waals surface area contributed by atoms with Crippen LogP contribution in [0.3, 0.4) is 0 Å². The van der Waals surface area contributed by atoms with E-state index in [4.69, 9.17) is 4.78 Å². The molecule has 0 unspecified atom stereocenters. The lowest BCUT2D eigenvalue weighted by molar-refractivity contribution is 0.281. The van der Waals surface area contributed by atoms with Crippen LogP contribution in [0, 0.1) is 4.78 Å². The number of hydrogen-bond acceptors (Lipinski definition) is 7. The molecule has 0 radical (unpaired) electrons. The molecule has 3 aromatic rings. The fourth-order valence-electron chi connectivity index (χ4n) is 2.89. The number of rotatable bonds is 8. The number of hydrogen-bond donors (Lipinski definition) is 4. The average molecular weight is 426 g/mol. The first-order valence-electron chi connectivity index (χ1n) is 9.74. The monoisotopic (exact) mass is 425 g/mol. The lowest BCUT2D eigenvalue weighted by Gasteiger charge is -2.17. The predicted molar refractivity (Wildman–Crippen MR) is 122 cm³/mol. The van der Waals surface area contributed by atoms with Gasteiger partial charge in [-0.25, -0.2) is 14.0 Å². The number of benzene rings is 2. The second-order valence-electron chi connectivity index (χ2n) is 7.23. The van der Waals surface area contributed by atoms with Crippen LogP contribution in [0.15, 0.2) is 59.6 Å². The first-order chi connectivity index (χ1) is 14.3. The summed E-state index contributed by atoms with van der Waals surface area (Å²) in [4.78, 5) is 9.52. The number of aliphatic hydroxyl groups is 1. The van der Waals surface area contributed by atoms with Crippen molar-refractivity contribution in [1.29, 1.82) is 4.78 Å². The molecule has 2 atom stereocenters. The van der Waals surface area contributed by atoms with E-state index in [1.165, 1.54) is 11.8 Å². The summed E-state index contributed by atoms with van der Waals surface area (Å²) < 4.78 is 19.5. The highest BCUT2D eigenvalue weighted by Gasteiger charge is 2.12. The van der Waals surface area contributed by atoms with E-state index >= 15 is 0 Å². The highest BCUT2D eigenvalue weighted by Crippen LogP contribution is 2.28. The zero-order valence-electron chi connectivity index (χ0n) is 17.3. The van der Waals surface area contributed by atoms with Crippen LogP contribution in [0.5, 0.6) is 0 Å². The van der Waals surface area contributed by atoms with E-state index < -0.39 is 9.73 Å². The zero-order valence-corrected chi connectivity index (χ0v) is 18.2. The molecule has 1 aromatic heterocycles. The Kier molecular flexibility index (Phi) is 6.69. The Morgan fingerprint density at radius 3 is 2.37 bits per heavy atom. The van der Waals surface area contributed by atoms with Crippen LogP contribution >= 0.6 is 0 Å². The predicted octanol–water partition coefficient (Wildman–Crippen LogP) is 4.28. The summed E-state index contributed by atoms with van der Waals surface area (Å²) in [6, 6.07) is 14.9. The maximum atomic E-state index is 11.8. The van der Waals surface area contributed by atoms with Crippen molar-refractivity contribution in [2.24, 2.45) is 0 Å². The number of anilines is 3. The lowest BCUT2D eigenvalue weighted by atomic mass is 10.0. The molecule has 4 N–H and O–H groups in total. The Labute approximate surface area is 177 Å². The molecule has 30 heavy (non-hydrogen) atoms. The Hall–Kier alpha value is -2.97. The number of aromatic nitrogens is 2. The maximum Gasteiger partial charge on any atom is 0.229 e. The van der Waals surface area contributed by atoms with E-state index in [0.29, 0.717) is 16.7 Å². The SMILES string of the molecule is CCc1ccc(-c2cnc(Nc3ccc([S@@](C)(=N)=O)cc3)nc2N[C@H](C)CO)cc1. The zero-order chi connectivity index (χ0) is 21.7. The topological polar surface area (TPSA) is 111 Å². The number of aliphatic hydroxyl groups excluding tert-OH is 1. The molecule has 0 spiro atoms. The van der Waals surface area contributed by atoms with Crippen LogP contribution < -0.4 is 10.6 Å². The second-order valence-corrected chi connectivity index (χ2v) is 9.39. The molecule has 158 valence electrons. The summed E-state index contributed by atoms with van der Waals surface area (Å²) >= 11 is 0. The van der Waals surface area contributed by atoms with Gasteiger partial charge in [0.25, 0.3) is 0 Å². The molecule has 0 fully saturated rings. The number of aryl methyl sites for hydroxylation is 1. The van der Waals surface area contributed by atoms with E-state index in [0.717, 1.165) is 23.2 Å². The third kappa shape index (κ3) is 5.34. The molecule has 0 aliphatic carbocycles. The van der Waals surface area contributed by atoms with E-state index in [-0.39, 0.29) is 12.6 Å². The highest BCUT2D eigenvalue weighted by molar-refractivity contribution is 7.91. The number of nitrogens with one attached hydrogen (secondary N) is 3. The maximum absolute atomic E-state index is 11.8. The van der Waals surface area contributed by atoms with Gasteiger partial charge in [0.1, 0.15) is 5.82 Å². The molecule has 0 amide bonds. The molecule has 3 rings (SSSR count). The van der Waals surface area contributed by atoms with Crippen molar-refractivity contribution < 1.29 is 9.32 Å². The molecular formula is C22H27N5O2S. The van der Waals surface area contributed by atoms with Gasteiger partial charge in [0, 0.05) is 34.6 Å². The molecule has 0 aliphatic rings. The van der Waals surface area contributed by atoms with Crippen LogP contribution in [0.4, 0.5) is 17.5 Å². The largest absolute Gasteiger partial charge is 0.394 e. The Morgan fingerprint density at radius 1 is 1.13 bits per heavy atom. The average Bonchev–Trinajstić information content (AvgIpc) is 2.74. The lowest BCUT2D eigenvalue weighted by Crippen LogP contribution is -2.21. The smallest absolute Gasteiger partial charge is 0.229 e. The molecule has 7 nitrogen and oxygen atoms in total. The highest BCUT2D eigenvalue weighted by atomic mass is 32.2. The molecule has 0 saturated carbocycles. The van der Waals surface area contributed by atoms with Gasteiger partial charge in [-0.15, -0.1) is 0 Å². The van der Waals surface area contributed by atoms with Gasteiger partial charge in [0.15, 0.2) is 0 Å². The molecule has 2 aromatic carbocycles. The summed E-state index contributed by atoms with van der Waals surface area (Å²) in [5, 5.41) is 15.8. The molecule has 0 saturated heterocycles.